The number of halogens is 1. The highest BCUT2D eigenvalue weighted by Crippen LogP contribution is 2.23. The molecule has 1 aromatic heterocycles. The minimum Gasteiger partial charge on any atom is -0.376 e. The molecule has 4 nitrogen and oxygen atoms in total. The first-order valence-corrected chi connectivity index (χ1v) is 6.40. The van der Waals surface area contributed by atoms with E-state index < -0.39 is 0 Å². The number of hydrogen-bond acceptors (Lipinski definition) is 4. The van der Waals surface area contributed by atoms with Crippen molar-refractivity contribution >= 4 is 17.4 Å². The number of rotatable bonds is 3. The van der Waals surface area contributed by atoms with E-state index in [-0.39, 0.29) is 6.10 Å². The third-order valence-corrected chi connectivity index (χ3v) is 3.20. The number of nitrogens with zero attached hydrogens (tertiary/aromatic N) is 2. The Bertz CT molecular complexity index is 373. The fourth-order valence-electron chi connectivity index (χ4n) is 2.22. The van der Waals surface area contributed by atoms with Gasteiger partial charge in [-0.1, -0.05) is 25.4 Å². The molecule has 0 aromatic carbocycles. The van der Waals surface area contributed by atoms with Gasteiger partial charge in [0.25, 0.3) is 0 Å². The Balaban J connectivity index is 2.05. The maximum absolute atomic E-state index is 5.84. The van der Waals surface area contributed by atoms with Crippen LogP contribution in [0.3, 0.4) is 0 Å². The van der Waals surface area contributed by atoms with Crippen molar-refractivity contribution in [3.63, 3.8) is 0 Å². The molecule has 2 atom stereocenters. The number of ether oxygens (including phenoxy) is 1. The summed E-state index contributed by atoms with van der Waals surface area (Å²) in [5, 5.41) is 3.85. The summed E-state index contributed by atoms with van der Waals surface area (Å²) >= 11 is 5.84. The van der Waals surface area contributed by atoms with Gasteiger partial charge in [-0.25, -0.2) is 9.97 Å². The van der Waals surface area contributed by atoms with E-state index in [9.17, 15) is 0 Å². The van der Waals surface area contributed by atoms with Crippen LogP contribution >= 0.6 is 11.6 Å². The molecule has 0 aliphatic carbocycles. The van der Waals surface area contributed by atoms with Crippen molar-refractivity contribution in [1.29, 1.82) is 0 Å². The molecule has 0 unspecified atom stereocenters. The van der Waals surface area contributed by atoms with Crippen LogP contribution in [0.2, 0.25) is 5.15 Å². The number of anilines is 1. The summed E-state index contributed by atoms with van der Waals surface area (Å²) < 4.78 is 5.82. The average molecular weight is 256 g/mol. The first-order valence-electron chi connectivity index (χ1n) is 6.02. The van der Waals surface area contributed by atoms with Crippen LogP contribution < -0.4 is 5.32 Å². The Labute approximate surface area is 107 Å². The maximum Gasteiger partial charge on any atom is 0.134 e. The largest absolute Gasteiger partial charge is 0.376 e. The Morgan fingerprint density at radius 3 is 3.00 bits per heavy atom. The minimum absolute atomic E-state index is 0.234. The molecule has 0 saturated carbocycles. The predicted molar refractivity (Wildman–Crippen MR) is 68.3 cm³/mol. The van der Waals surface area contributed by atoms with Gasteiger partial charge in [-0.05, 0) is 18.8 Å². The fraction of sp³-hybridized carbons (Fsp3) is 0.667. The molecule has 1 aromatic rings. The zero-order chi connectivity index (χ0) is 12.3. The monoisotopic (exact) mass is 255 g/mol. The second-order valence-corrected chi connectivity index (χ2v) is 5.09. The van der Waals surface area contributed by atoms with Gasteiger partial charge in [-0.15, -0.1) is 0 Å². The van der Waals surface area contributed by atoms with E-state index in [1.165, 1.54) is 6.33 Å². The summed E-state index contributed by atoms with van der Waals surface area (Å²) in [4.78, 5) is 8.04. The summed E-state index contributed by atoms with van der Waals surface area (Å²) in [7, 11) is 0. The minimum atomic E-state index is 0.234. The maximum atomic E-state index is 5.84. The van der Waals surface area contributed by atoms with E-state index in [1.54, 1.807) is 6.07 Å². The molecule has 0 spiro atoms. The van der Waals surface area contributed by atoms with Gasteiger partial charge in [-0.3, -0.25) is 0 Å². The van der Waals surface area contributed by atoms with E-state index in [2.05, 4.69) is 29.1 Å². The van der Waals surface area contributed by atoms with Crippen molar-refractivity contribution in [2.45, 2.75) is 38.8 Å². The molecule has 0 amide bonds. The molecule has 17 heavy (non-hydrogen) atoms. The van der Waals surface area contributed by atoms with Crippen molar-refractivity contribution in [2.75, 3.05) is 11.9 Å². The van der Waals surface area contributed by atoms with Crippen LogP contribution in [0.25, 0.3) is 0 Å². The Morgan fingerprint density at radius 2 is 2.29 bits per heavy atom. The first-order chi connectivity index (χ1) is 8.16. The van der Waals surface area contributed by atoms with Crippen LogP contribution in [0.15, 0.2) is 12.4 Å². The Hall–Kier alpha value is -0.870. The van der Waals surface area contributed by atoms with Crippen LogP contribution in [-0.2, 0) is 4.74 Å². The van der Waals surface area contributed by atoms with Gasteiger partial charge in [0.05, 0.1) is 12.1 Å². The molecule has 0 bridgehead atoms. The highest BCUT2D eigenvalue weighted by Gasteiger charge is 2.28. The SMILES string of the molecule is CC(C)[C@@H]1OCCC[C@H]1Nc1cc(Cl)ncn1. The lowest BCUT2D eigenvalue weighted by molar-refractivity contribution is -0.0203. The standard InChI is InChI=1S/C12H18ClN3O/c1-8(2)12-9(4-3-5-17-12)16-11-6-10(13)14-7-15-11/h6-9,12H,3-5H2,1-2H3,(H,14,15,16)/t9-,12+/m1/s1. The zero-order valence-corrected chi connectivity index (χ0v) is 10.9. The summed E-state index contributed by atoms with van der Waals surface area (Å²) in [6.07, 6.45) is 3.89. The predicted octanol–water partition coefficient (Wildman–Crippen LogP) is 2.75. The molecule has 5 heteroatoms. The Kier molecular flexibility index (Phi) is 4.18. The molecular formula is C12H18ClN3O. The molecular weight excluding hydrogens is 238 g/mol. The summed E-state index contributed by atoms with van der Waals surface area (Å²) in [5.41, 5.74) is 0. The second-order valence-electron chi connectivity index (χ2n) is 4.70. The lowest BCUT2D eigenvalue weighted by atomic mass is 9.94. The zero-order valence-electron chi connectivity index (χ0n) is 10.2. The van der Waals surface area contributed by atoms with Crippen LogP contribution in [0.4, 0.5) is 5.82 Å². The van der Waals surface area contributed by atoms with E-state index in [1.807, 2.05) is 0 Å². The van der Waals surface area contributed by atoms with Gasteiger partial charge in [0.1, 0.15) is 17.3 Å². The summed E-state index contributed by atoms with van der Waals surface area (Å²) in [5.74, 6) is 1.26. The number of hydrogen-bond donors (Lipinski definition) is 1. The van der Waals surface area contributed by atoms with Crippen LogP contribution in [0.5, 0.6) is 0 Å². The number of nitrogens with one attached hydrogen (secondary N) is 1. The highest BCUT2D eigenvalue weighted by atomic mass is 35.5. The molecule has 2 heterocycles. The molecule has 1 N–H and O–H groups in total. The van der Waals surface area contributed by atoms with E-state index in [0.717, 1.165) is 25.3 Å². The molecule has 2 rings (SSSR count). The smallest absolute Gasteiger partial charge is 0.134 e. The average Bonchev–Trinajstić information content (AvgIpc) is 2.29. The lowest BCUT2D eigenvalue weighted by Gasteiger charge is -2.35. The van der Waals surface area contributed by atoms with Crippen molar-refractivity contribution in [1.82, 2.24) is 9.97 Å². The topological polar surface area (TPSA) is 47.0 Å². The second kappa shape index (κ2) is 5.65. The van der Waals surface area contributed by atoms with E-state index in [4.69, 9.17) is 16.3 Å². The van der Waals surface area contributed by atoms with Gasteiger partial charge >= 0.3 is 0 Å². The Morgan fingerprint density at radius 1 is 1.47 bits per heavy atom. The van der Waals surface area contributed by atoms with Crippen LogP contribution in [0, 0.1) is 5.92 Å². The van der Waals surface area contributed by atoms with Gasteiger partial charge in [0.15, 0.2) is 0 Å². The number of aromatic nitrogens is 2. The van der Waals surface area contributed by atoms with Gasteiger partial charge < -0.3 is 10.1 Å². The van der Waals surface area contributed by atoms with Gasteiger partial charge in [0.2, 0.25) is 0 Å². The quantitative estimate of drug-likeness (QED) is 0.844. The third kappa shape index (κ3) is 3.30. The normalized spacial score (nSPS) is 24.9. The van der Waals surface area contributed by atoms with Gasteiger partial charge in [0, 0.05) is 12.7 Å². The molecule has 1 saturated heterocycles. The third-order valence-electron chi connectivity index (χ3n) is 2.99. The molecule has 0 radical (unpaired) electrons. The van der Waals surface area contributed by atoms with E-state index >= 15 is 0 Å². The highest BCUT2D eigenvalue weighted by molar-refractivity contribution is 6.29. The lowest BCUT2D eigenvalue weighted by Crippen LogP contribution is -2.43. The summed E-state index contributed by atoms with van der Waals surface area (Å²) in [6.45, 7) is 5.21. The van der Waals surface area contributed by atoms with Crippen molar-refractivity contribution < 1.29 is 4.74 Å². The molecule has 94 valence electrons. The van der Waals surface area contributed by atoms with Crippen LogP contribution in [-0.4, -0.2) is 28.7 Å². The van der Waals surface area contributed by atoms with Crippen molar-refractivity contribution in [3.8, 4) is 0 Å². The van der Waals surface area contributed by atoms with Crippen molar-refractivity contribution in [3.05, 3.63) is 17.5 Å². The van der Waals surface area contributed by atoms with E-state index in [0.29, 0.717) is 17.1 Å². The van der Waals surface area contributed by atoms with Crippen molar-refractivity contribution in [2.24, 2.45) is 5.92 Å². The molecule has 1 aliphatic heterocycles. The molecule has 1 fully saturated rings. The van der Waals surface area contributed by atoms with Crippen LogP contribution in [0.1, 0.15) is 26.7 Å². The first kappa shape index (κ1) is 12.6. The molecule has 1 aliphatic rings. The van der Waals surface area contributed by atoms with Gasteiger partial charge in [-0.2, -0.15) is 0 Å². The fourth-order valence-corrected chi connectivity index (χ4v) is 2.36. The summed E-state index contributed by atoms with van der Waals surface area (Å²) in [6, 6.07) is 2.04.